The molecule has 1 aromatic carbocycles. The van der Waals surface area contributed by atoms with Gasteiger partial charge in [0, 0.05) is 56.9 Å². The van der Waals surface area contributed by atoms with Gasteiger partial charge in [0.1, 0.15) is 11.5 Å². The summed E-state index contributed by atoms with van der Waals surface area (Å²) in [4.78, 5) is 30.8. The number of rotatable bonds is 7. The van der Waals surface area contributed by atoms with Crippen molar-refractivity contribution < 1.29 is 14.0 Å². The van der Waals surface area contributed by atoms with Crippen molar-refractivity contribution in [3.63, 3.8) is 0 Å². The van der Waals surface area contributed by atoms with Gasteiger partial charge < -0.3 is 14.8 Å². The Labute approximate surface area is 207 Å². The van der Waals surface area contributed by atoms with E-state index in [-0.39, 0.29) is 23.5 Å². The van der Waals surface area contributed by atoms with Gasteiger partial charge in [-0.25, -0.2) is 4.39 Å². The zero-order valence-electron chi connectivity index (χ0n) is 21.4. The normalized spacial score (nSPS) is 13.6. The third-order valence-corrected chi connectivity index (χ3v) is 6.50. The van der Waals surface area contributed by atoms with E-state index in [1.54, 1.807) is 23.2 Å². The van der Waals surface area contributed by atoms with Crippen molar-refractivity contribution in [3.8, 4) is 0 Å². The number of hydrogen-bond donors (Lipinski definition) is 1. The highest BCUT2D eigenvalue weighted by Crippen LogP contribution is 2.28. The summed E-state index contributed by atoms with van der Waals surface area (Å²) in [7, 11) is 0. The van der Waals surface area contributed by atoms with E-state index in [4.69, 9.17) is 0 Å². The van der Waals surface area contributed by atoms with E-state index < -0.39 is 0 Å². The van der Waals surface area contributed by atoms with Gasteiger partial charge in [0.05, 0.1) is 5.52 Å². The smallest absolute Gasteiger partial charge is 0.270 e. The second kappa shape index (κ2) is 12.5. The number of aromatic nitrogens is 3. The summed E-state index contributed by atoms with van der Waals surface area (Å²) in [6.45, 7) is 11.9. The maximum Gasteiger partial charge on any atom is 0.270 e. The number of hydrogen-bond acceptors (Lipinski definition) is 3. The largest absolute Gasteiger partial charge is 0.348 e. The molecule has 0 radical (unpaired) electrons. The van der Waals surface area contributed by atoms with Gasteiger partial charge in [-0.3, -0.25) is 14.3 Å². The maximum atomic E-state index is 13.9. The average molecular weight is 484 g/mol. The number of nitrogens with one attached hydrogen (secondary N) is 1. The second-order valence-electron chi connectivity index (χ2n) is 9.20. The third-order valence-electron chi connectivity index (χ3n) is 6.50. The summed E-state index contributed by atoms with van der Waals surface area (Å²) in [5.74, 6) is 0.152. The summed E-state index contributed by atoms with van der Waals surface area (Å²) < 4.78 is 15.7. The SMILES string of the molecule is CCN(CC)C(=O)c1cc2c(C(C)C)ccc(F)c2[nH]1.O=C(CCn1cccn1)N1CCCCC1. The number of carbonyl (C=O) groups is 2. The zero-order valence-corrected chi connectivity index (χ0v) is 21.4. The van der Waals surface area contributed by atoms with Gasteiger partial charge in [-0.15, -0.1) is 0 Å². The number of piperidine rings is 1. The molecule has 0 bridgehead atoms. The summed E-state index contributed by atoms with van der Waals surface area (Å²) in [6.07, 6.45) is 7.79. The van der Waals surface area contributed by atoms with E-state index in [1.165, 1.54) is 12.5 Å². The van der Waals surface area contributed by atoms with Crippen molar-refractivity contribution in [2.45, 2.75) is 65.8 Å². The first kappa shape index (κ1) is 26.4. The Morgan fingerprint density at radius 1 is 1.14 bits per heavy atom. The van der Waals surface area contributed by atoms with Gasteiger partial charge >= 0.3 is 0 Å². The topological polar surface area (TPSA) is 74.2 Å². The van der Waals surface area contributed by atoms with Crippen LogP contribution in [0.25, 0.3) is 10.9 Å². The summed E-state index contributed by atoms with van der Waals surface area (Å²) >= 11 is 0. The Balaban J connectivity index is 0.000000203. The predicted molar refractivity (Wildman–Crippen MR) is 137 cm³/mol. The molecule has 3 heterocycles. The van der Waals surface area contributed by atoms with Crippen LogP contribution in [0.15, 0.2) is 36.7 Å². The van der Waals surface area contributed by atoms with Crippen LogP contribution in [0.4, 0.5) is 4.39 Å². The Morgan fingerprint density at radius 3 is 2.46 bits per heavy atom. The monoisotopic (exact) mass is 483 g/mol. The molecule has 35 heavy (non-hydrogen) atoms. The molecule has 4 rings (SSSR count). The Morgan fingerprint density at radius 2 is 1.86 bits per heavy atom. The molecule has 1 aliphatic rings. The fraction of sp³-hybridized carbons (Fsp3) is 0.519. The van der Waals surface area contributed by atoms with Crippen LogP contribution >= 0.6 is 0 Å². The molecule has 1 aliphatic heterocycles. The lowest BCUT2D eigenvalue weighted by Gasteiger charge is -2.26. The van der Waals surface area contributed by atoms with Crippen LogP contribution in [-0.2, 0) is 11.3 Å². The fourth-order valence-electron chi connectivity index (χ4n) is 4.45. The lowest BCUT2D eigenvalue weighted by Crippen LogP contribution is -2.36. The van der Waals surface area contributed by atoms with E-state index in [0.717, 1.165) is 36.9 Å². The molecule has 1 saturated heterocycles. The standard InChI is InChI=1S/C16H21FN2O.C11H17N3O/c1-5-19(6-2)16(20)14-9-12-11(10(3)4)7-8-13(17)15(12)18-14;15-11(13-7-2-1-3-8-13)5-10-14-9-4-6-12-14/h7-10,18H,5-6H2,1-4H3;4,6,9H,1-3,5,7-8,10H2. The highest BCUT2D eigenvalue weighted by Gasteiger charge is 2.19. The minimum Gasteiger partial charge on any atom is -0.348 e. The first-order valence-electron chi connectivity index (χ1n) is 12.7. The first-order chi connectivity index (χ1) is 16.8. The number of amides is 2. The molecule has 0 aliphatic carbocycles. The van der Waals surface area contributed by atoms with Crippen LogP contribution in [0, 0.1) is 5.82 Å². The Bertz CT molecular complexity index is 1100. The van der Waals surface area contributed by atoms with Crippen molar-refractivity contribution in [2.75, 3.05) is 26.2 Å². The van der Waals surface area contributed by atoms with Gasteiger partial charge in [0.25, 0.3) is 5.91 Å². The lowest BCUT2D eigenvalue weighted by molar-refractivity contribution is -0.132. The highest BCUT2D eigenvalue weighted by molar-refractivity contribution is 5.99. The Kier molecular flexibility index (Phi) is 9.46. The molecule has 3 aromatic rings. The molecule has 0 unspecified atom stereocenters. The van der Waals surface area contributed by atoms with Crippen molar-refractivity contribution in [1.82, 2.24) is 24.6 Å². The molecule has 0 saturated carbocycles. The van der Waals surface area contributed by atoms with E-state index in [9.17, 15) is 14.0 Å². The molecular weight excluding hydrogens is 445 g/mol. The van der Waals surface area contributed by atoms with Crippen molar-refractivity contribution in [1.29, 1.82) is 0 Å². The average Bonchev–Trinajstić information content (AvgIpc) is 3.55. The van der Waals surface area contributed by atoms with Gasteiger partial charge in [-0.05, 0) is 62.8 Å². The molecule has 190 valence electrons. The second-order valence-corrected chi connectivity index (χ2v) is 9.20. The molecule has 2 amide bonds. The molecular formula is C27H38FN5O2. The lowest BCUT2D eigenvalue weighted by atomic mass is 9.99. The van der Waals surface area contributed by atoms with Crippen LogP contribution in [0.3, 0.4) is 0 Å². The van der Waals surface area contributed by atoms with Crippen molar-refractivity contribution >= 4 is 22.7 Å². The molecule has 0 spiro atoms. The summed E-state index contributed by atoms with van der Waals surface area (Å²) in [5, 5.41) is 4.88. The molecule has 8 heteroatoms. The van der Waals surface area contributed by atoms with Gasteiger partial charge in [-0.1, -0.05) is 19.9 Å². The number of fused-ring (bicyclic) bond motifs is 1. The molecule has 2 aromatic heterocycles. The van der Waals surface area contributed by atoms with Crippen LogP contribution < -0.4 is 0 Å². The number of benzene rings is 1. The zero-order chi connectivity index (χ0) is 25.4. The quantitative estimate of drug-likeness (QED) is 0.502. The number of nitrogens with zero attached hydrogens (tertiary/aromatic N) is 4. The summed E-state index contributed by atoms with van der Waals surface area (Å²) in [5.41, 5.74) is 1.93. The number of carbonyl (C=O) groups excluding carboxylic acids is 2. The maximum absolute atomic E-state index is 13.9. The van der Waals surface area contributed by atoms with Crippen LogP contribution in [-0.4, -0.2) is 62.6 Å². The number of H-pyrrole nitrogens is 1. The fourth-order valence-corrected chi connectivity index (χ4v) is 4.45. The molecule has 0 atom stereocenters. The van der Waals surface area contributed by atoms with E-state index in [2.05, 4.69) is 23.9 Å². The van der Waals surface area contributed by atoms with Crippen LogP contribution in [0.1, 0.15) is 75.3 Å². The van der Waals surface area contributed by atoms with Gasteiger partial charge in [-0.2, -0.15) is 5.10 Å². The molecule has 1 N–H and O–H groups in total. The third kappa shape index (κ3) is 6.71. The first-order valence-corrected chi connectivity index (χ1v) is 12.7. The minimum absolute atomic E-state index is 0.0830. The van der Waals surface area contributed by atoms with Crippen LogP contribution in [0.2, 0.25) is 0 Å². The van der Waals surface area contributed by atoms with Gasteiger partial charge in [0.15, 0.2) is 0 Å². The number of aromatic amines is 1. The molecule has 7 nitrogen and oxygen atoms in total. The number of aryl methyl sites for hydroxylation is 1. The summed E-state index contributed by atoms with van der Waals surface area (Å²) in [6, 6.07) is 6.90. The van der Waals surface area contributed by atoms with Crippen LogP contribution in [0.5, 0.6) is 0 Å². The van der Waals surface area contributed by atoms with Crippen molar-refractivity contribution in [3.05, 3.63) is 53.7 Å². The predicted octanol–water partition coefficient (Wildman–Crippen LogP) is 5.20. The van der Waals surface area contributed by atoms with Crippen molar-refractivity contribution in [2.24, 2.45) is 0 Å². The van der Waals surface area contributed by atoms with E-state index >= 15 is 0 Å². The van der Waals surface area contributed by atoms with Gasteiger partial charge in [0.2, 0.25) is 5.91 Å². The Hall–Kier alpha value is -3.16. The number of likely N-dealkylation sites (tertiary alicyclic amines) is 1. The number of halogens is 1. The minimum atomic E-state index is -0.317. The highest BCUT2D eigenvalue weighted by atomic mass is 19.1. The van der Waals surface area contributed by atoms with E-state index in [1.807, 2.05) is 35.7 Å². The molecule has 1 fully saturated rings. The van der Waals surface area contributed by atoms with E-state index in [0.29, 0.717) is 37.3 Å².